The molecule has 0 aliphatic heterocycles. The molecule has 1 N–H and O–H groups in total. The summed E-state index contributed by atoms with van der Waals surface area (Å²) in [5.41, 5.74) is 1.74. The first kappa shape index (κ1) is 19.5. The number of hydrogen-bond donors (Lipinski definition) is 1. The molecule has 25 heavy (non-hydrogen) atoms. The van der Waals surface area contributed by atoms with Gasteiger partial charge in [-0.2, -0.15) is 0 Å². The zero-order valence-corrected chi connectivity index (χ0v) is 15.7. The van der Waals surface area contributed by atoms with Crippen molar-refractivity contribution in [3.8, 4) is 11.5 Å². The van der Waals surface area contributed by atoms with E-state index in [-0.39, 0.29) is 12.4 Å². The zero-order chi connectivity index (χ0) is 18.2. The monoisotopic (exact) mass is 365 g/mol. The SMILES string of the molecule is COc1cccc(CNCCC(C)C)c1OCc1ccc(F)cc1Cl. The lowest BCUT2D eigenvalue weighted by Crippen LogP contribution is -2.17. The standard InChI is InChI=1S/C20H25ClFNO2/c1-14(2)9-10-23-12-15-5-4-6-19(24-3)20(15)25-13-16-7-8-17(22)11-18(16)21/h4-8,11,14,23H,9-10,12-13H2,1-3H3. The highest BCUT2D eigenvalue weighted by Gasteiger charge is 2.12. The van der Waals surface area contributed by atoms with E-state index in [4.69, 9.17) is 21.1 Å². The first-order chi connectivity index (χ1) is 12.0. The molecule has 0 saturated carbocycles. The molecule has 5 heteroatoms. The van der Waals surface area contributed by atoms with Gasteiger partial charge >= 0.3 is 0 Å². The number of ether oxygens (including phenoxy) is 2. The lowest BCUT2D eigenvalue weighted by atomic mass is 10.1. The van der Waals surface area contributed by atoms with Crippen LogP contribution in [0.4, 0.5) is 4.39 Å². The molecule has 0 aliphatic rings. The molecule has 2 aromatic rings. The number of benzene rings is 2. The molecule has 3 nitrogen and oxygen atoms in total. The highest BCUT2D eigenvalue weighted by atomic mass is 35.5. The van der Waals surface area contributed by atoms with Crippen LogP contribution in [0.15, 0.2) is 36.4 Å². The van der Waals surface area contributed by atoms with Crippen LogP contribution in [-0.4, -0.2) is 13.7 Å². The third kappa shape index (κ3) is 5.91. The zero-order valence-electron chi connectivity index (χ0n) is 14.9. The summed E-state index contributed by atoms with van der Waals surface area (Å²) in [5, 5.41) is 3.78. The van der Waals surface area contributed by atoms with Crippen LogP contribution in [0.5, 0.6) is 11.5 Å². The minimum Gasteiger partial charge on any atom is -0.493 e. The third-order valence-corrected chi connectivity index (χ3v) is 4.23. The van der Waals surface area contributed by atoms with E-state index >= 15 is 0 Å². The molecule has 0 unspecified atom stereocenters. The summed E-state index contributed by atoms with van der Waals surface area (Å²) in [4.78, 5) is 0. The minimum atomic E-state index is -0.360. The van der Waals surface area contributed by atoms with E-state index < -0.39 is 0 Å². The lowest BCUT2D eigenvalue weighted by molar-refractivity contribution is 0.280. The molecule has 136 valence electrons. The Bertz CT molecular complexity index is 691. The highest BCUT2D eigenvalue weighted by Crippen LogP contribution is 2.32. The smallest absolute Gasteiger partial charge is 0.166 e. The van der Waals surface area contributed by atoms with E-state index in [2.05, 4.69) is 19.2 Å². The van der Waals surface area contributed by atoms with Gasteiger partial charge in [-0.1, -0.05) is 43.6 Å². The van der Waals surface area contributed by atoms with Gasteiger partial charge in [-0.25, -0.2) is 4.39 Å². The van der Waals surface area contributed by atoms with E-state index in [9.17, 15) is 4.39 Å². The predicted octanol–water partition coefficient (Wildman–Crippen LogP) is 5.20. The maximum Gasteiger partial charge on any atom is 0.166 e. The predicted molar refractivity (Wildman–Crippen MR) is 99.9 cm³/mol. The fourth-order valence-electron chi connectivity index (χ4n) is 2.43. The topological polar surface area (TPSA) is 30.5 Å². The maximum atomic E-state index is 13.2. The largest absolute Gasteiger partial charge is 0.493 e. The van der Waals surface area contributed by atoms with Crippen LogP contribution in [0.25, 0.3) is 0 Å². The van der Waals surface area contributed by atoms with E-state index in [1.54, 1.807) is 13.2 Å². The summed E-state index contributed by atoms with van der Waals surface area (Å²) >= 11 is 6.08. The Balaban J connectivity index is 2.09. The number of halogens is 2. The average molecular weight is 366 g/mol. The van der Waals surface area contributed by atoms with Gasteiger partial charge in [0.25, 0.3) is 0 Å². The van der Waals surface area contributed by atoms with Gasteiger partial charge in [-0.3, -0.25) is 0 Å². The molecule has 0 spiro atoms. The molecule has 0 radical (unpaired) electrons. The van der Waals surface area contributed by atoms with Gasteiger partial charge in [0.15, 0.2) is 11.5 Å². The van der Waals surface area contributed by atoms with Crippen molar-refractivity contribution in [2.75, 3.05) is 13.7 Å². The summed E-state index contributed by atoms with van der Waals surface area (Å²) < 4.78 is 24.6. The number of para-hydroxylation sites is 1. The van der Waals surface area contributed by atoms with Gasteiger partial charge in [0.2, 0.25) is 0 Å². The molecule has 0 saturated heterocycles. The van der Waals surface area contributed by atoms with Crippen LogP contribution < -0.4 is 14.8 Å². The molecule has 0 bridgehead atoms. The van der Waals surface area contributed by atoms with Gasteiger partial charge in [-0.15, -0.1) is 0 Å². The number of rotatable bonds is 9. The molecule has 0 atom stereocenters. The lowest BCUT2D eigenvalue weighted by Gasteiger charge is -2.16. The van der Waals surface area contributed by atoms with Gasteiger partial charge in [0, 0.05) is 17.7 Å². The fraction of sp³-hybridized carbons (Fsp3) is 0.400. The summed E-state index contributed by atoms with van der Waals surface area (Å²) in [6.45, 7) is 6.29. The summed E-state index contributed by atoms with van der Waals surface area (Å²) in [7, 11) is 1.61. The van der Waals surface area contributed by atoms with Gasteiger partial charge in [0.1, 0.15) is 12.4 Å². The fourth-order valence-corrected chi connectivity index (χ4v) is 2.65. The molecule has 2 aromatic carbocycles. The van der Waals surface area contributed by atoms with Crippen molar-refractivity contribution < 1.29 is 13.9 Å². The van der Waals surface area contributed by atoms with Crippen molar-refractivity contribution in [2.24, 2.45) is 5.92 Å². The van der Waals surface area contributed by atoms with Crippen LogP contribution in [0.3, 0.4) is 0 Å². The number of hydrogen-bond acceptors (Lipinski definition) is 3. The second-order valence-electron chi connectivity index (χ2n) is 6.33. The first-order valence-electron chi connectivity index (χ1n) is 8.44. The number of methoxy groups -OCH3 is 1. The molecule has 0 aliphatic carbocycles. The Hall–Kier alpha value is -1.78. The first-order valence-corrected chi connectivity index (χ1v) is 8.82. The van der Waals surface area contributed by atoms with Crippen molar-refractivity contribution >= 4 is 11.6 Å². The molecule has 0 amide bonds. The maximum absolute atomic E-state index is 13.2. The van der Waals surface area contributed by atoms with Crippen molar-refractivity contribution in [3.05, 3.63) is 58.4 Å². The second kappa shape index (κ2) is 9.64. The van der Waals surface area contributed by atoms with Crippen molar-refractivity contribution in [1.82, 2.24) is 5.32 Å². The Morgan fingerprint density at radius 3 is 2.64 bits per heavy atom. The Morgan fingerprint density at radius 1 is 1.16 bits per heavy atom. The molecule has 0 aromatic heterocycles. The van der Waals surface area contributed by atoms with Crippen molar-refractivity contribution in [3.63, 3.8) is 0 Å². The van der Waals surface area contributed by atoms with Gasteiger partial charge in [-0.05, 0) is 37.1 Å². The Morgan fingerprint density at radius 2 is 1.96 bits per heavy atom. The van der Waals surface area contributed by atoms with Crippen molar-refractivity contribution in [1.29, 1.82) is 0 Å². The molecule has 0 fully saturated rings. The van der Waals surface area contributed by atoms with Crippen LogP contribution in [0.1, 0.15) is 31.4 Å². The normalized spacial score (nSPS) is 11.0. The van der Waals surface area contributed by atoms with E-state index in [0.717, 1.165) is 24.1 Å². The number of nitrogens with one attached hydrogen (secondary N) is 1. The summed E-state index contributed by atoms with van der Waals surface area (Å²) in [6, 6.07) is 10.1. The minimum absolute atomic E-state index is 0.248. The molecule has 0 heterocycles. The Labute approximate surface area is 154 Å². The summed E-state index contributed by atoms with van der Waals surface area (Å²) in [6.07, 6.45) is 1.12. The van der Waals surface area contributed by atoms with Crippen LogP contribution in [0, 0.1) is 11.7 Å². The highest BCUT2D eigenvalue weighted by molar-refractivity contribution is 6.31. The van der Waals surface area contributed by atoms with E-state index in [1.165, 1.54) is 12.1 Å². The average Bonchev–Trinajstić information content (AvgIpc) is 2.58. The van der Waals surface area contributed by atoms with Gasteiger partial charge < -0.3 is 14.8 Å². The summed E-state index contributed by atoms with van der Waals surface area (Å²) in [5.74, 6) is 1.65. The quantitative estimate of drug-likeness (QED) is 0.619. The molecular weight excluding hydrogens is 341 g/mol. The van der Waals surface area contributed by atoms with E-state index in [1.807, 2.05) is 18.2 Å². The van der Waals surface area contributed by atoms with Crippen molar-refractivity contribution in [2.45, 2.75) is 33.4 Å². The van der Waals surface area contributed by atoms with Crippen LogP contribution in [-0.2, 0) is 13.2 Å². The van der Waals surface area contributed by atoms with E-state index in [0.29, 0.717) is 29.0 Å². The Kier molecular flexibility index (Phi) is 7.53. The third-order valence-electron chi connectivity index (χ3n) is 3.88. The van der Waals surface area contributed by atoms with Crippen LogP contribution in [0.2, 0.25) is 5.02 Å². The molecule has 2 rings (SSSR count). The van der Waals surface area contributed by atoms with Gasteiger partial charge in [0.05, 0.1) is 12.1 Å². The molecular formula is C20H25ClFNO2. The van der Waals surface area contributed by atoms with Crippen LogP contribution >= 0.6 is 11.6 Å². The second-order valence-corrected chi connectivity index (χ2v) is 6.74.